The topological polar surface area (TPSA) is 55.1 Å². The van der Waals surface area contributed by atoms with Crippen LogP contribution in [0, 0.1) is 17.8 Å². The van der Waals surface area contributed by atoms with Gasteiger partial charge in [-0.1, -0.05) is 18.6 Å². The number of carbonyl (C=O) groups excluding carboxylic acids is 1. The minimum absolute atomic E-state index is 0.138. The molecule has 4 rings (SSSR count). The minimum atomic E-state index is 0.138. The van der Waals surface area contributed by atoms with E-state index in [1.165, 1.54) is 36.3 Å². The first kappa shape index (κ1) is 16.8. The van der Waals surface area contributed by atoms with Crippen molar-refractivity contribution in [2.24, 2.45) is 23.5 Å². The molecular formula is C19H26N2OS2. The van der Waals surface area contributed by atoms with Crippen LogP contribution in [-0.4, -0.2) is 23.5 Å². The minimum Gasteiger partial charge on any atom is -0.327 e. The van der Waals surface area contributed by atoms with E-state index in [1.807, 2.05) is 29.6 Å². The lowest BCUT2D eigenvalue weighted by Crippen LogP contribution is -2.48. The molecule has 1 saturated heterocycles. The molecule has 1 amide bonds. The highest BCUT2D eigenvalue weighted by atomic mass is 32.2. The maximum absolute atomic E-state index is 12.8. The lowest BCUT2D eigenvalue weighted by Gasteiger charge is -2.43. The summed E-state index contributed by atoms with van der Waals surface area (Å²) in [5.41, 5.74) is 8.62. The number of rotatable bonds is 3. The quantitative estimate of drug-likeness (QED) is 0.844. The molecule has 2 atom stereocenters. The fourth-order valence-corrected chi connectivity index (χ4v) is 7.40. The smallest absolute Gasteiger partial charge is 0.227 e. The summed E-state index contributed by atoms with van der Waals surface area (Å²) < 4.78 is 0.522. The van der Waals surface area contributed by atoms with E-state index in [4.69, 9.17) is 5.73 Å². The fraction of sp³-hybridized carbons (Fsp3) is 0.632. The van der Waals surface area contributed by atoms with Crippen LogP contribution in [0.3, 0.4) is 0 Å². The molecule has 2 unspecified atom stereocenters. The summed E-state index contributed by atoms with van der Waals surface area (Å²) in [4.78, 5) is 12.8. The Bertz CT molecular complexity index is 589. The van der Waals surface area contributed by atoms with Gasteiger partial charge in [-0.15, -0.1) is 23.5 Å². The summed E-state index contributed by atoms with van der Waals surface area (Å²) in [5, 5.41) is 3.18. The maximum Gasteiger partial charge on any atom is 0.227 e. The van der Waals surface area contributed by atoms with Gasteiger partial charge in [0.25, 0.3) is 0 Å². The summed E-state index contributed by atoms with van der Waals surface area (Å²) in [6.45, 7) is 0. The average Bonchev–Trinajstić information content (AvgIpc) is 3.09. The third kappa shape index (κ3) is 3.49. The largest absolute Gasteiger partial charge is 0.327 e. The third-order valence-electron chi connectivity index (χ3n) is 5.83. The SMILES string of the molecule is NC1C2CCCC1CC(C(=O)Nc1cccc(C3SCCS3)c1)C2. The van der Waals surface area contributed by atoms with Crippen LogP contribution in [-0.2, 0) is 4.79 Å². The molecule has 2 bridgehead atoms. The number of amides is 1. The molecule has 3 fully saturated rings. The van der Waals surface area contributed by atoms with Crippen LogP contribution in [0.15, 0.2) is 24.3 Å². The van der Waals surface area contributed by atoms with Crippen molar-refractivity contribution in [3.8, 4) is 0 Å². The molecule has 1 heterocycles. The molecule has 2 saturated carbocycles. The molecule has 5 heteroatoms. The van der Waals surface area contributed by atoms with Gasteiger partial charge in [-0.25, -0.2) is 0 Å². The lowest BCUT2D eigenvalue weighted by atomic mass is 9.65. The van der Waals surface area contributed by atoms with E-state index in [1.54, 1.807) is 0 Å². The van der Waals surface area contributed by atoms with E-state index in [-0.39, 0.29) is 11.8 Å². The van der Waals surface area contributed by atoms with Gasteiger partial charge >= 0.3 is 0 Å². The van der Waals surface area contributed by atoms with Crippen LogP contribution in [0.1, 0.15) is 42.2 Å². The highest BCUT2D eigenvalue weighted by molar-refractivity contribution is 8.19. The Kier molecular flexibility index (Phi) is 5.11. The van der Waals surface area contributed by atoms with Gasteiger partial charge in [0.2, 0.25) is 5.91 Å². The monoisotopic (exact) mass is 362 g/mol. The van der Waals surface area contributed by atoms with E-state index in [9.17, 15) is 4.79 Å². The lowest BCUT2D eigenvalue weighted by molar-refractivity contribution is -0.122. The zero-order valence-corrected chi connectivity index (χ0v) is 15.6. The number of benzene rings is 1. The second-order valence-electron chi connectivity index (χ2n) is 7.38. The first-order chi connectivity index (χ1) is 11.7. The van der Waals surface area contributed by atoms with Crippen molar-refractivity contribution >= 4 is 35.1 Å². The van der Waals surface area contributed by atoms with E-state index >= 15 is 0 Å². The number of fused-ring (bicyclic) bond motifs is 2. The standard InChI is InChI=1S/C19H26N2OS2/c20-17-12-3-1-4-13(17)10-15(9-12)18(22)21-16-6-2-5-14(11-16)19-23-7-8-24-19/h2,5-6,11-13,15,17,19H,1,3-4,7-10,20H2,(H,21,22). The van der Waals surface area contributed by atoms with Gasteiger partial charge in [0.1, 0.15) is 0 Å². The fourth-order valence-electron chi connectivity index (χ4n) is 4.56. The van der Waals surface area contributed by atoms with Gasteiger partial charge < -0.3 is 11.1 Å². The predicted molar refractivity (Wildman–Crippen MR) is 104 cm³/mol. The average molecular weight is 363 g/mol. The molecule has 0 radical (unpaired) electrons. The van der Waals surface area contributed by atoms with Crippen LogP contribution in [0.5, 0.6) is 0 Å². The summed E-state index contributed by atoms with van der Waals surface area (Å²) in [5.74, 6) is 3.87. The van der Waals surface area contributed by atoms with Gasteiger partial charge in [0.15, 0.2) is 0 Å². The molecular weight excluding hydrogens is 336 g/mol. The second kappa shape index (κ2) is 7.30. The van der Waals surface area contributed by atoms with E-state index in [0.29, 0.717) is 22.5 Å². The first-order valence-corrected chi connectivity index (χ1v) is 11.2. The molecule has 1 aromatic rings. The van der Waals surface area contributed by atoms with Crippen molar-refractivity contribution in [3.63, 3.8) is 0 Å². The molecule has 3 N–H and O–H groups in total. The van der Waals surface area contributed by atoms with Crippen LogP contribution in [0.2, 0.25) is 0 Å². The number of thioether (sulfide) groups is 2. The number of carbonyl (C=O) groups is 1. The Hall–Kier alpha value is -0.650. The molecule has 0 spiro atoms. The van der Waals surface area contributed by atoms with Gasteiger partial charge in [0.05, 0.1) is 4.58 Å². The maximum atomic E-state index is 12.8. The van der Waals surface area contributed by atoms with Crippen molar-refractivity contribution in [2.45, 2.75) is 42.7 Å². The third-order valence-corrected chi connectivity index (χ3v) is 8.94. The van der Waals surface area contributed by atoms with E-state index in [0.717, 1.165) is 18.5 Å². The Morgan fingerprint density at radius 2 is 1.83 bits per heavy atom. The van der Waals surface area contributed by atoms with E-state index < -0.39 is 0 Å². The highest BCUT2D eigenvalue weighted by Crippen LogP contribution is 2.46. The summed E-state index contributed by atoms with van der Waals surface area (Å²) in [7, 11) is 0. The van der Waals surface area contributed by atoms with Crippen molar-refractivity contribution in [1.29, 1.82) is 0 Å². The van der Waals surface area contributed by atoms with Crippen LogP contribution in [0.4, 0.5) is 5.69 Å². The normalized spacial score (nSPS) is 33.4. The Morgan fingerprint density at radius 3 is 2.54 bits per heavy atom. The highest BCUT2D eigenvalue weighted by Gasteiger charge is 2.40. The molecule has 0 aromatic heterocycles. The summed E-state index contributed by atoms with van der Waals surface area (Å²) in [6, 6.07) is 8.73. The van der Waals surface area contributed by atoms with Crippen molar-refractivity contribution in [2.75, 3.05) is 16.8 Å². The summed E-state index contributed by atoms with van der Waals surface area (Å²) in [6.07, 6.45) is 5.63. The Balaban J connectivity index is 1.42. The van der Waals surface area contributed by atoms with Gasteiger partial charge in [0, 0.05) is 29.2 Å². The second-order valence-corrected chi connectivity index (χ2v) is 10.1. The van der Waals surface area contributed by atoms with Gasteiger partial charge in [-0.3, -0.25) is 4.79 Å². The Morgan fingerprint density at radius 1 is 1.12 bits per heavy atom. The number of nitrogens with one attached hydrogen (secondary N) is 1. The number of hydrogen-bond donors (Lipinski definition) is 2. The molecule has 130 valence electrons. The number of anilines is 1. The number of hydrogen-bond acceptors (Lipinski definition) is 4. The predicted octanol–water partition coefficient (Wildman–Crippen LogP) is 4.26. The molecule has 24 heavy (non-hydrogen) atoms. The van der Waals surface area contributed by atoms with Gasteiger partial charge in [-0.05, 0) is 55.2 Å². The Labute approximate surface area is 152 Å². The molecule has 3 nitrogen and oxygen atoms in total. The van der Waals surface area contributed by atoms with Crippen molar-refractivity contribution < 1.29 is 4.79 Å². The van der Waals surface area contributed by atoms with E-state index in [2.05, 4.69) is 23.5 Å². The van der Waals surface area contributed by atoms with Crippen LogP contribution >= 0.6 is 23.5 Å². The zero-order chi connectivity index (χ0) is 16.5. The van der Waals surface area contributed by atoms with Crippen LogP contribution < -0.4 is 11.1 Å². The molecule has 2 aliphatic carbocycles. The van der Waals surface area contributed by atoms with Crippen LogP contribution in [0.25, 0.3) is 0 Å². The zero-order valence-electron chi connectivity index (χ0n) is 13.9. The van der Waals surface area contributed by atoms with Gasteiger partial charge in [-0.2, -0.15) is 0 Å². The molecule has 1 aromatic carbocycles. The van der Waals surface area contributed by atoms with Crippen molar-refractivity contribution in [1.82, 2.24) is 0 Å². The number of nitrogens with two attached hydrogens (primary N) is 1. The molecule has 3 aliphatic rings. The first-order valence-electron chi connectivity index (χ1n) is 9.10. The van der Waals surface area contributed by atoms with Crippen molar-refractivity contribution in [3.05, 3.63) is 29.8 Å². The molecule has 1 aliphatic heterocycles. The summed E-state index contributed by atoms with van der Waals surface area (Å²) >= 11 is 4.00.